The number of benzene rings is 1. The van der Waals surface area contributed by atoms with E-state index in [0.29, 0.717) is 18.0 Å². The lowest BCUT2D eigenvalue weighted by molar-refractivity contribution is 0.0695. The predicted molar refractivity (Wildman–Crippen MR) is 69.1 cm³/mol. The Morgan fingerprint density at radius 3 is 2.61 bits per heavy atom. The zero-order chi connectivity index (χ0) is 13.1. The van der Waals surface area contributed by atoms with Crippen LogP contribution in [0.1, 0.15) is 28.5 Å². The molecule has 0 atom stereocenters. The summed E-state index contributed by atoms with van der Waals surface area (Å²) in [6.45, 7) is 2.47. The fourth-order valence-electron chi connectivity index (χ4n) is 1.86. The Morgan fingerprint density at radius 2 is 2.06 bits per heavy atom. The Morgan fingerprint density at radius 1 is 1.39 bits per heavy atom. The molecule has 0 unspecified atom stereocenters. The van der Waals surface area contributed by atoms with Crippen LogP contribution in [0.2, 0.25) is 5.02 Å². The Hall–Kier alpha value is -1.81. The molecule has 0 aliphatic carbocycles. The lowest BCUT2D eigenvalue weighted by Gasteiger charge is -2.07. The van der Waals surface area contributed by atoms with Gasteiger partial charge in [-0.25, -0.2) is 4.79 Å². The molecule has 0 fully saturated rings. The van der Waals surface area contributed by atoms with E-state index in [0.717, 1.165) is 11.3 Å². The lowest BCUT2D eigenvalue weighted by atomic mass is 10.2. The summed E-state index contributed by atoms with van der Waals surface area (Å²) in [5.41, 5.74) is 2.04. The van der Waals surface area contributed by atoms with E-state index in [1.165, 1.54) is 6.20 Å². The maximum atomic E-state index is 11.0. The van der Waals surface area contributed by atoms with Gasteiger partial charge in [0.2, 0.25) is 0 Å². The van der Waals surface area contributed by atoms with E-state index in [9.17, 15) is 4.79 Å². The van der Waals surface area contributed by atoms with Crippen LogP contribution in [0.3, 0.4) is 0 Å². The van der Waals surface area contributed by atoms with Gasteiger partial charge in [0.25, 0.3) is 0 Å². The quantitative estimate of drug-likeness (QED) is 0.924. The van der Waals surface area contributed by atoms with Crippen LogP contribution >= 0.6 is 11.6 Å². The second-order valence-corrected chi connectivity index (χ2v) is 4.38. The topological polar surface area (TPSA) is 55.1 Å². The minimum Gasteiger partial charge on any atom is -0.478 e. The maximum absolute atomic E-state index is 11.0. The monoisotopic (exact) mass is 264 g/mol. The first kappa shape index (κ1) is 12.6. The van der Waals surface area contributed by atoms with Crippen molar-refractivity contribution in [3.8, 4) is 0 Å². The van der Waals surface area contributed by atoms with Crippen molar-refractivity contribution in [2.45, 2.75) is 19.9 Å². The third kappa shape index (κ3) is 2.54. The van der Waals surface area contributed by atoms with Crippen LogP contribution in [-0.2, 0) is 13.0 Å². The zero-order valence-electron chi connectivity index (χ0n) is 9.93. The third-order valence-corrected chi connectivity index (χ3v) is 3.01. The van der Waals surface area contributed by atoms with Gasteiger partial charge < -0.3 is 5.11 Å². The van der Waals surface area contributed by atoms with E-state index in [1.807, 2.05) is 31.2 Å². The van der Waals surface area contributed by atoms with Gasteiger partial charge in [-0.15, -0.1) is 0 Å². The summed E-state index contributed by atoms with van der Waals surface area (Å²) in [4.78, 5) is 11.0. The number of hydrogen-bond acceptors (Lipinski definition) is 2. The van der Waals surface area contributed by atoms with Crippen LogP contribution in [0, 0.1) is 0 Å². The van der Waals surface area contributed by atoms with E-state index >= 15 is 0 Å². The molecule has 0 aliphatic heterocycles. The second-order valence-electron chi connectivity index (χ2n) is 3.95. The summed E-state index contributed by atoms with van der Waals surface area (Å²) in [5, 5.41) is 13.9. The van der Waals surface area contributed by atoms with Gasteiger partial charge in [0.1, 0.15) is 5.56 Å². The van der Waals surface area contributed by atoms with Crippen molar-refractivity contribution in [2.75, 3.05) is 0 Å². The van der Waals surface area contributed by atoms with Crippen LogP contribution < -0.4 is 0 Å². The molecule has 0 amide bonds. The third-order valence-electron chi connectivity index (χ3n) is 2.76. The zero-order valence-corrected chi connectivity index (χ0v) is 10.7. The molecular weight excluding hydrogens is 252 g/mol. The number of carboxylic acids is 1. The van der Waals surface area contributed by atoms with Crippen molar-refractivity contribution < 1.29 is 9.90 Å². The highest BCUT2D eigenvalue weighted by atomic mass is 35.5. The molecule has 1 aromatic carbocycles. The van der Waals surface area contributed by atoms with E-state index < -0.39 is 5.97 Å². The minimum absolute atomic E-state index is 0.270. The average molecular weight is 265 g/mol. The van der Waals surface area contributed by atoms with Crippen LogP contribution in [0.4, 0.5) is 0 Å². The number of aromatic carboxylic acids is 1. The highest BCUT2D eigenvalue weighted by Gasteiger charge is 2.14. The first-order chi connectivity index (χ1) is 8.61. The van der Waals surface area contributed by atoms with Crippen LogP contribution in [0.5, 0.6) is 0 Å². The molecule has 0 radical (unpaired) electrons. The highest BCUT2D eigenvalue weighted by Crippen LogP contribution is 2.14. The van der Waals surface area contributed by atoms with Gasteiger partial charge in [0.05, 0.1) is 18.4 Å². The fourth-order valence-corrected chi connectivity index (χ4v) is 1.99. The fraction of sp³-hybridized carbons (Fsp3) is 0.231. The van der Waals surface area contributed by atoms with Crippen LogP contribution in [-0.4, -0.2) is 20.9 Å². The molecule has 0 aliphatic rings. The van der Waals surface area contributed by atoms with Gasteiger partial charge >= 0.3 is 5.97 Å². The number of hydrogen-bond donors (Lipinski definition) is 1. The smallest absolute Gasteiger partial charge is 0.339 e. The van der Waals surface area contributed by atoms with E-state index in [-0.39, 0.29) is 5.56 Å². The summed E-state index contributed by atoms with van der Waals surface area (Å²) >= 11 is 5.82. The summed E-state index contributed by atoms with van der Waals surface area (Å²) in [6, 6.07) is 7.43. The predicted octanol–water partition coefficient (Wildman–Crippen LogP) is 2.85. The largest absolute Gasteiger partial charge is 0.478 e. The molecule has 0 saturated carbocycles. The molecule has 4 nitrogen and oxygen atoms in total. The highest BCUT2D eigenvalue weighted by molar-refractivity contribution is 6.30. The van der Waals surface area contributed by atoms with E-state index in [4.69, 9.17) is 16.7 Å². The van der Waals surface area contributed by atoms with Crippen molar-refractivity contribution in [1.29, 1.82) is 0 Å². The lowest BCUT2D eigenvalue weighted by Crippen LogP contribution is -2.08. The van der Waals surface area contributed by atoms with Crippen molar-refractivity contribution in [2.24, 2.45) is 0 Å². The molecule has 1 heterocycles. The van der Waals surface area contributed by atoms with Crippen molar-refractivity contribution in [3.63, 3.8) is 0 Å². The minimum atomic E-state index is -0.936. The number of aromatic nitrogens is 2. The molecule has 5 heteroatoms. The molecule has 1 N–H and O–H groups in total. The van der Waals surface area contributed by atoms with Crippen molar-refractivity contribution in [1.82, 2.24) is 9.78 Å². The standard InChI is InChI=1S/C13H13ClN2O2/c1-2-12-11(13(17)18)7-15-16(12)8-9-3-5-10(14)6-4-9/h3-7H,2,8H2,1H3,(H,17,18). The molecule has 0 saturated heterocycles. The van der Waals surface area contributed by atoms with Gasteiger partial charge in [-0.2, -0.15) is 5.10 Å². The van der Waals surface area contributed by atoms with E-state index in [2.05, 4.69) is 5.10 Å². The summed E-state index contributed by atoms with van der Waals surface area (Å²) in [7, 11) is 0. The van der Waals surface area contributed by atoms with Gasteiger partial charge in [0.15, 0.2) is 0 Å². The van der Waals surface area contributed by atoms with Gasteiger partial charge in [-0.3, -0.25) is 4.68 Å². The molecule has 2 aromatic rings. The molecule has 0 bridgehead atoms. The summed E-state index contributed by atoms with van der Waals surface area (Å²) in [6.07, 6.45) is 2.03. The molecule has 18 heavy (non-hydrogen) atoms. The maximum Gasteiger partial charge on any atom is 0.339 e. The normalized spacial score (nSPS) is 10.6. The Bertz CT molecular complexity index is 561. The number of nitrogens with zero attached hydrogens (tertiary/aromatic N) is 2. The average Bonchev–Trinajstić information content (AvgIpc) is 2.75. The number of carboxylic acid groups (broad SMARTS) is 1. The molecule has 1 aromatic heterocycles. The van der Waals surface area contributed by atoms with Crippen LogP contribution in [0.25, 0.3) is 0 Å². The summed E-state index contributed by atoms with van der Waals surface area (Å²) in [5.74, 6) is -0.936. The van der Waals surface area contributed by atoms with Gasteiger partial charge in [-0.05, 0) is 24.1 Å². The molecule has 0 spiro atoms. The SMILES string of the molecule is CCc1c(C(=O)O)cnn1Cc1ccc(Cl)cc1. The second kappa shape index (κ2) is 5.23. The van der Waals surface area contributed by atoms with Crippen molar-refractivity contribution >= 4 is 17.6 Å². The molecule has 2 rings (SSSR count). The Labute approximate surface area is 110 Å². The van der Waals surface area contributed by atoms with Gasteiger partial charge in [-0.1, -0.05) is 30.7 Å². The number of halogens is 1. The van der Waals surface area contributed by atoms with Gasteiger partial charge in [0, 0.05) is 5.02 Å². The number of rotatable bonds is 4. The Kier molecular flexibility index (Phi) is 3.67. The van der Waals surface area contributed by atoms with Crippen LogP contribution in [0.15, 0.2) is 30.5 Å². The molecular formula is C13H13ClN2O2. The summed E-state index contributed by atoms with van der Waals surface area (Å²) < 4.78 is 1.71. The van der Waals surface area contributed by atoms with E-state index in [1.54, 1.807) is 4.68 Å². The first-order valence-corrected chi connectivity index (χ1v) is 6.02. The van der Waals surface area contributed by atoms with Crippen molar-refractivity contribution in [3.05, 3.63) is 52.3 Å². The Balaban J connectivity index is 2.29. The first-order valence-electron chi connectivity index (χ1n) is 5.64. The number of carbonyl (C=O) groups is 1. The molecule has 94 valence electrons.